The summed E-state index contributed by atoms with van der Waals surface area (Å²) < 4.78 is 15.8. The number of thiophene rings is 1. The molecule has 1 aromatic heterocycles. The standard InChI is InChI=1S/C14H20ClNO5S/c1-8(16-13(18)21-14(2,3)4)7-20-9-6-10(15)22-11(9)12(17)19-5/h6,8H,7H2,1-5H3,(H,16,18)/t8-/m0/s1. The molecule has 0 spiro atoms. The maximum Gasteiger partial charge on any atom is 0.407 e. The molecule has 0 bridgehead atoms. The molecule has 8 heteroatoms. The van der Waals surface area contributed by atoms with Crippen LogP contribution in [0.1, 0.15) is 37.4 Å². The molecule has 6 nitrogen and oxygen atoms in total. The van der Waals surface area contributed by atoms with E-state index in [2.05, 4.69) is 10.1 Å². The van der Waals surface area contributed by atoms with E-state index in [0.717, 1.165) is 11.3 Å². The topological polar surface area (TPSA) is 73.9 Å². The van der Waals surface area contributed by atoms with Gasteiger partial charge >= 0.3 is 12.1 Å². The third kappa shape index (κ3) is 6.11. The molecule has 1 heterocycles. The van der Waals surface area contributed by atoms with Gasteiger partial charge in [0.2, 0.25) is 0 Å². The summed E-state index contributed by atoms with van der Waals surface area (Å²) in [6.45, 7) is 7.27. The highest BCUT2D eigenvalue weighted by molar-refractivity contribution is 7.18. The Morgan fingerprint density at radius 2 is 2.05 bits per heavy atom. The minimum absolute atomic E-state index is 0.163. The first-order chi connectivity index (χ1) is 10.1. The Hall–Kier alpha value is -1.47. The van der Waals surface area contributed by atoms with Crippen LogP contribution in [-0.4, -0.2) is 37.4 Å². The monoisotopic (exact) mass is 349 g/mol. The van der Waals surface area contributed by atoms with E-state index < -0.39 is 17.7 Å². The average molecular weight is 350 g/mol. The zero-order valence-corrected chi connectivity index (χ0v) is 14.8. The highest BCUT2D eigenvalue weighted by Gasteiger charge is 2.20. The van der Waals surface area contributed by atoms with E-state index in [1.165, 1.54) is 7.11 Å². The second-order valence-corrected chi connectivity index (χ2v) is 7.28. The lowest BCUT2D eigenvalue weighted by atomic mass is 10.2. The van der Waals surface area contributed by atoms with Crippen LogP contribution in [0.25, 0.3) is 0 Å². The van der Waals surface area contributed by atoms with Gasteiger partial charge < -0.3 is 19.5 Å². The summed E-state index contributed by atoms with van der Waals surface area (Å²) in [7, 11) is 1.28. The summed E-state index contributed by atoms with van der Waals surface area (Å²) in [6, 6.07) is 1.23. The van der Waals surface area contributed by atoms with Crippen molar-refractivity contribution in [3.63, 3.8) is 0 Å². The zero-order chi connectivity index (χ0) is 16.9. The van der Waals surface area contributed by atoms with E-state index in [9.17, 15) is 9.59 Å². The number of hydrogen-bond acceptors (Lipinski definition) is 6. The van der Waals surface area contributed by atoms with Crippen LogP contribution < -0.4 is 10.1 Å². The van der Waals surface area contributed by atoms with E-state index in [0.29, 0.717) is 10.1 Å². The van der Waals surface area contributed by atoms with Gasteiger partial charge in [0.05, 0.1) is 17.5 Å². The van der Waals surface area contributed by atoms with Crippen LogP contribution in [-0.2, 0) is 9.47 Å². The van der Waals surface area contributed by atoms with Crippen LogP contribution in [0.2, 0.25) is 4.34 Å². The molecule has 22 heavy (non-hydrogen) atoms. The Morgan fingerprint density at radius 1 is 1.41 bits per heavy atom. The molecule has 0 saturated carbocycles. The normalized spacial score (nSPS) is 12.5. The number of esters is 1. The molecule has 0 aromatic carbocycles. The van der Waals surface area contributed by atoms with Crippen LogP contribution in [0, 0.1) is 0 Å². The highest BCUT2D eigenvalue weighted by atomic mass is 35.5. The predicted molar refractivity (Wildman–Crippen MR) is 85.0 cm³/mol. The summed E-state index contributed by atoms with van der Waals surface area (Å²) in [6.07, 6.45) is -0.528. The van der Waals surface area contributed by atoms with Gasteiger partial charge in [-0.2, -0.15) is 0 Å². The maximum atomic E-state index is 11.6. The molecule has 0 aliphatic rings. The van der Waals surface area contributed by atoms with Crippen molar-refractivity contribution >= 4 is 35.0 Å². The van der Waals surface area contributed by atoms with Crippen molar-refractivity contribution in [1.29, 1.82) is 0 Å². The fourth-order valence-electron chi connectivity index (χ4n) is 1.45. The van der Waals surface area contributed by atoms with Gasteiger partial charge in [0.25, 0.3) is 0 Å². The smallest absolute Gasteiger partial charge is 0.407 e. The predicted octanol–water partition coefficient (Wildman–Crippen LogP) is 3.48. The van der Waals surface area contributed by atoms with Crippen molar-refractivity contribution in [3.05, 3.63) is 15.3 Å². The van der Waals surface area contributed by atoms with Crippen molar-refractivity contribution in [2.45, 2.75) is 39.3 Å². The number of ether oxygens (including phenoxy) is 3. The quantitative estimate of drug-likeness (QED) is 0.824. The maximum absolute atomic E-state index is 11.6. The Kier molecular flexibility index (Phi) is 6.49. The van der Waals surface area contributed by atoms with Gasteiger partial charge in [-0.3, -0.25) is 0 Å². The number of nitrogens with one attached hydrogen (secondary N) is 1. The molecule has 1 atom stereocenters. The first-order valence-electron chi connectivity index (χ1n) is 6.62. The van der Waals surface area contributed by atoms with Crippen LogP contribution in [0.5, 0.6) is 5.75 Å². The minimum Gasteiger partial charge on any atom is -0.490 e. The van der Waals surface area contributed by atoms with Crippen molar-refractivity contribution in [1.82, 2.24) is 5.32 Å². The van der Waals surface area contributed by atoms with Gasteiger partial charge in [-0.05, 0) is 27.7 Å². The number of alkyl carbamates (subject to hydrolysis) is 1. The molecule has 124 valence electrons. The molecule has 1 amide bonds. The fourth-order valence-corrected chi connectivity index (χ4v) is 2.53. The summed E-state index contributed by atoms with van der Waals surface area (Å²) >= 11 is 6.95. The molecule has 1 aromatic rings. The molecule has 0 aliphatic heterocycles. The largest absolute Gasteiger partial charge is 0.490 e. The lowest BCUT2D eigenvalue weighted by molar-refractivity contribution is 0.0490. The number of hydrogen-bond donors (Lipinski definition) is 1. The Morgan fingerprint density at radius 3 is 2.59 bits per heavy atom. The number of carbonyl (C=O) groups is 2. The van der Waals surface area contributed by atoms with Gasteiger partial charge in [0.15, 0.2) is 4.88 Å². The van der Waals surface area contributed by atoms with Crippen molar-refractivity contribution < 1.29 is 23.8 Å². The third-order valence-electron chi connectivity index (χ3n) is 2.29. The Balaban J connectivity index is 2.56. The van der Waals surface area contributed by atoms with E-state index in [1.54, 1.807) is 33.8 Å². The molecule has 0 aliphatic carbocycles. The van der Waals surface area contributed by atoms with Gasteiger partial charge in [-0.1, -0.05) is 11.6 Å². The highest BCUT2D eigenvalue weighted by Crippen LogP contribution is 2.33. The van der Waals surface area contributed by atoms with Gasteiger partial charge in [0.1, 0.15) is 18.0 Å². The summed E-state index contributed by atoms with van der Waals surface area (Å²) in [5.74, 6) is -0.181. The molecule has 0 fully saturated rings. The SMILES string of the molecule is COC(=O)c1sc(Cl)cc1OC[C@H](C)NC(=O)OC(C)(C)C. The molecule has 0 radical (unpaired) electrons. The first-order valence-corrected chi connectivity index (χ1v) is 7.81. The molecule has 0 unspecified atom stereocenters. The molecule has 1 rings (SSSR count). The van der Waals surface area contributed by atoms with Crippen LogP contribution in [0.15, 0.2) is 6.07 Å². The van der Waals surface area contributed by atoms with E-state index >= 15 is 0 Å². The molecular formula is C14H20ClNO5S. The van der Waals surface area contributed by atoms with Crippen molar-refractivity contribution in [2.75, 3.05) is 13.7 Å². The molecule has 1 N–H and O–H groups in total. The average Bonchev–Trinajstić information content (AvgIpc) is 2.74. The summed E-state index contributed by atoms with van der Waals surface area (Å²) in [5.41, 5.74) is -0.566. The Labute approximate surface area is 138 Å². The third-order valence-corrected chi connectivity index (χ3v) is 3.52. The first kappa shape index (κ1) is 18.6. The number of rotatable bonds is 5. The van der Waals surface area contributed by atoms with Crippen LogP contribution in [0.4, 0.5) is 4.79 Å². The van der Waals surface area contributed by atoms with E-state index in [4.69, 9.17) is 21.1 Å². The van der Waals surface area contributed by atoms with E-state index in [1.807, 2.05) is 0 Å². The van der Waals surface area contributed by atoms with Gasteiger partial charge in [-0.15, -0.1) is 11.3 Å². The zero-order valence-electron chi connectivity index (χ0n) is 13.2. The summed E-state index contributed by atoms with van der Waals surface area (Å²) in [5, 5.41) is 2.64. The number of methoxy groups -OCH3 is 1. The van der Waals surface area contributed by atoms with Crippen molar-refractivity contribution in [3.8, 4) is 5.75 Å². The van der Waals surface area contributed by atoms with Crippen LogP contribution >= 0.6 is 22.9 Å². The number of carbonyl (C=O) groups excluding carboxylic acids is 2. The molecular weight excluding hydrogens is 330 g/mol. The second-order valence-electron chi connectivity index (χ2n) is 5.59. The van der Waals surface area contributed by atoms with Gasteiger partial charge in [0, 0.05) is 6.07 Å². The minimum atomic E-state index is -0.566. The van der Waals surface area contributed by atoms with Crippen LogP contribution in [0.3, 0.4) is 0 Å². The van der Waals surface area contributed by atoms with Gasteiger partial charge in [-0.25, -0.2) is 9.59 Å². The Bertz CT molecular complexity index is 538. The second kappa shape index (κ2) is 7.69. The lowest BCUT2D eigenvalue weighted by Crippen LogP contribution is -2.40. The van der Waals surface area contributed by atoms with Crippen molar-refractivity contribution in [2.24, 2.45) is 0 Å². The van der Waals surface area contributed by atoms with E-state index in [-0.39, 0.29) is 17.5 Å². The number of amides is 1. The molecule has 0 saturated heterocycles. The fraction of sp³-hybridized carbons (Fsp3) is 0.571. The summed E-state index contributed by atoms with van der Waals surface area (Å²) in [4.78, 5) is 23.5. The lowest BCUT2D eigenvalue weighted by Gasteiger charge is -2.22. The number of halogens is 1.